The number of ether oxygens (including phenoxy) is 1. The lowest BCUT2D eigenvalue weighted by Gasteiger charge is -2.06. The molecule has 6 heteroatoms. The van der Waals surface area contributed by atoms with Crippen LogP contribution in [0.15, 0.2) is 36.9 Å². The molecule has 2 rings (SSSR count). The van der Waals surface area contributed by atoms with E-state index in [0.29, 0.717) is 18.7 Å². The first-order valence-electron chi connectivity index (χ1n) is 6.63. The van der Waals surface area contributed by atoms with Gasteiger partial charge in [-0.2, -0.15) is 5.10 Å². The Morgan fingerprint density at radius 1 is 1.45 bits per heavy atom. The van der Waals surface area contributed by atoms with E-state index < -0.39 is 0 Å². The molecule has 1 amide bonds. The van der Waals surface area contributed by atoms with Crippen LogP contribution < -0.4 is 10.1 Å². The molecule has 20 heavy (non-hydrogen) atoms. The molecular formula is C14H18N4O2. The average Bonchev–Trinajstić information content (AvgIpc) is 2.97. The number of rotatable bonds is 7. The minimum absolute atomic E-state index is 0.105. The fourth-order valence-electron chi connectivity index (χ4n) is 1.65. The molecule has 0 bridgehead atoms. The summed E-state index contributed by atoms with van der Waals surface area (Å²) in [4.78, 5) is 15.7. The van der Waals surface area contributed by atoms with Gasteiger partial charge in [-0.05, 0) is 25.5 Å². The average molecular weight is 274 g/mol. The Labute approximate surface area is 117 Å². The van der Waals surface area contributed by atoms with Crippen molar-refractivity contribution in [2.24, 2.45) is 0 Å². The van der Waals surface area contributed by atoms with Gasteiger partial charge in [0.25, 0.3) is 5.91 Å². The van der Waals surface area contributed by atoms with Crippen LogP contribution in [0.2, 0.25) is 0 Å². The smallest absolute Gasteiger partial charge is 0.254 e. The highest BCUT2D eigenvalue weighted by Crippen LogP contribution is 2.06. The summed E-state index contributed by atoms with van der Waals surface area (Å²) in [6.07, 6.45) is 7.41. The van der Waals surface area contributed by atoms with Crippen LogP contribution in [-0.2, 0) is 6.54 Å². The van der Waals surface area contributed by atoms with Crippen molar-refractivity contribution < 1.29 is 9.53 Å². The maximum atomic E-state index is 11.8. The van der Waals surface area contributed by atoms with Crippen molar-refractivity contribution in [3.05, 3.63) is 42.5 Å². The topological polar surface area (TPSA) is 69.0 Å². The number of aromatic nitrogens is 3. The molecule has 2 aromatic heterocycles. The van der Waals surface area contributed by atoms with Gasteiger partial charge in [-0.15, -0.1) is 0 Å². The van der Waals surface area contributed by atoms with Gasteiger partial charge in [0, 0.05) is 25.5 Å². The summed E-state index contributed by atoms with van der Waals surface area (Å²) in [6, 6.07) is 3.67. The molecule has 0 saturated heterocycles. The van der Waals surface area contributed by atoms with Crippen LogP contribution in [0.4, 0.5) is 0 Å². The van der Waals surface area contributed by atoms with E-state index in [1.165, 1.54) is 0 Å². The van der Waals surface area contributed by atoms with Gasteiger partial charge in [0.1, 0.15) is 5.75 Å². The zero-order valence-electron chi connectivity index (χ0n) is 11.5. The fraction of sp³-hybridized carbons (Fsp3) is 0.357. The summed E-state index contributed by atoms with van der Waals surface area (Å²) in [5.41, 5.74) is 0.583. The molecule has 0 atom stereocenters. The van der Waals surface area contributed by atoms with Crippen LogP contribution in [-0.4, -0.2) is 33.8 Å². The minimum atomic E-state index is -0.105. The number of hydrogen-bond donors (Lipinski definition) is 1. The SMILES string of the molecule is CCn1cc(C(=O)NCCCOc2cccnc2)cn1. The molecule has 0 aliphatic carbocycles. The zero-order valence-corrected chi connectivity index (χ0v) is 11.5. The fourth-order valence-corrected chi connectivity index (χ4v) is 1.65. The van der Waals surface area contributed by atoms with Crippen LogP contribution in [0.5, 0.6) is 5.75 Å². The number of aryl methyl sites for hydroxylation is 1. The van der Waals surface area contributed by atoms with Gasteiger partial charge in [-0.25, -0.2) is 0 Å². The standard InChI is InChI=1S/C14H18N4O2/c1-2-18-11-12(9-17-18)14(19)16-7-4-8-20-13-5-3-6-15-10-13/h3,5-6,9-11H,2,4,7-8H2,1H3,(H,16,19). The summed E-state index contributed by atoms with van der Waals surface area (Å²) in [6.45, 7) is 3.84. The summed E-state index contributed by atoms with van der Waals surface area (Å²) in [7, 11) is 0. The van der Waals surface area contributed by atoms with Crippen molar-refractivity contribution in [2.45, 2.75) is 19.9 Å². The first kappa shape index (κ1) is 14.0. The molecule has 0 aliphatic heterocycles. The molecule has 0 unspecified atom stereocenters. The summed E-state index contributed by atoms with van der Waals surface area (Å²) < 4.78 is 7.21. The highest BCUT2D eigenvalue weighted by molar-refractivity contribution is 5.93. The lowest BCUT2D eigenvalue weighted by molar-refractivity contribution is 0.0951. The van der Waals surface area contributed by atoms with E-state index in [1.54, 1.807) is 29.5 Å². The van der Waals surface area contributed by atoms with Crippen molar-refractivity contribution in [1.82, 2.24) is 20.1 Å². The molecule has 2 heterocycles. The largest absolute Gasteiger partial charge is 0.492 e. The molecule has 0 aromatic carbocycles. The minimum Gasteiger partial charge on any atom is -0.492 e. The van der Waals surface area contributed by atoms with Gasteiger partial charge in [-0.1, -0.05) is 0 Å². The Balaban J connectivity index is 1.64. The molecule has 0 fully saturated rings. The Morgan fingerprint density at radius 3 is 3.05 bits per heavy atom. The lowest BCUT2D eigenvalue weighted by atomic mass is 10.3. The van der Waals surface area contributed by atoms with E-state index in [4.69, 9.17) is 4.74 Å². The summed E-state index contributed by atoms with van der Waals surface area (Å²) in [5.74, 6) is 0.633. The first-order valence-corrected chi connectivity index (χ1v) is 6.63. The molecule has 1 N–H and O–H groups in total. The molecule has 0 saturated carbocycles. The predicted molar refractivity (Wildman–Crippen MR) is 74.6 cm³/mol. The van der Waals surface area contributed by atoms with E-state index in [-0.39, 0.29) is 5.91 Å². The first-order chi connectivity index (χ1) is 9.79. The third kappa shape index (κ3) is 4.08. The quantitative estimate of drug-likeness (QED) is 0.777. The molecular weight excluding hydrogens is 256 g/mol. The van der Waals surface area contributed by atoms with Crippen LogP contribution in [0.1, 0.15) is 23.7 Å². The summed E-state index contributed by atoms with van der Waals surface area (Å²) >= 11 is 0. The van der Waals surface area contributed by atoms with Crippen molar-refractivity contribution in [1.29, 1.82) is 0 Å². The molecule has 0 aliphatic rings. The second kappa shape index (κ2) is 7.28. The monoisotopic (exact) mass is 274 g/mol. The van der Waals surface area contributed by atoms with Crippen LogP contribution >= 0.6 is 0 Å². The van der Waals surface area contributed by atoms with Gasteiger partial charge in [0.05, 0.1) is 24.6 Å². The van der Waals surface area contributed by atoms with Crippen molar-refractivity contribution in [3.63, 3.8) is 0 Å². The number of nitrogens with zero attached hydrogens (tertiary/aromatic N) is 3. The summed E-state index contributed by atoms with van der Waals surface area (Å²) in [5, 5.41) is 6.90. The molecule has 0 spiro atoms. The van der Waals surface area contributed by atoms with Gasteiger partial charge < -0.3 is 10.1 Å². The number of pyridine rings is 1. The maximum Gasteiger partial charge on any atom is 0.254 e. The number of hydrogen-bond acceptors (Lipinski definition) is 4. The highest BCUT2D eigenvalue weighted by Gasteiger charge is 2.07. The molecule has 106 valence electrons. The number of nitrogens with one attached hydrogen (secondary N) is 1. The number of carbonyl (C=O) groups is 1. The van der Waals surface area contributed by atoms with Crippen LogP contribution in [0.3, 0.4) is 0 Å². The number of carbonyl (C=O) groups excluding carboxylic acids is 1. The van der Waals surface area contributed by atoms with E-state index in [0.717, 1.165) is 18.7 Å². The molecule has 6 nitrogen and oxygen atoms in total. The van der Waals surface area contributed by atoms with Gasteiger partial charge in [0.2, 0.25) is 0 Å². The van der Waals surface area contributed by atoms with E-state index in [1.807, 2.05) is 19.1 Å². The normalized spacial score (nSPS) is 10.2. The zero-order chi connectivity index (χ0) is 14.2. The maximum absolute atomic E-state index is 11.8. The number of amides is 1. The second-order valence-electron chi connectivity index (χ2n) is 4.23. The molecule has 2 aromatic rings. The molecule has 0 radical (unpaired) electrons. The van der Waals surface area contributed by atoms with Gasteiger partial charge in [0.15, 0.2) is 0 Å². The van der Waals surface area contributed by atoms with Crippen molar-refractivity contribution >= 4 is 5.91 Å². The van der Waals surface area contributed by atoms with Crippen molar-refractivity contribution in [3.8, 4) is 5.75 Å². The third-order valence-corrected chi connectivity index (χ3v) is 2.73. The second-order valence-corrected chi connectivity index (χ2v) is 4.23. The van der Waals surface area contributed by atoms with Crippen molar-refractivity contribution in [2.75, 3.05) is 13.2 Å². The van der Waals surface area contributed by atoms with E-state index >= 15 is 0 Å². The Hall–Kier alpha value is -2.37. The van der Waals surface area contributed by atoms with Gasteiger partial charge in [-0.3, -0.25) is 14.5 Å². The Bertz CT molecular complexity index is 539. The van der Waals surface area contributed by atoms with E-state index in [9.17, 15) is 4.79 Å². The Kier molecular flexibility index (Phi) is 5.11. The highest BCUT2D eigenvalue weighted by atomic mass is 16.5. The lowest BCUT2D eigenvalue weighted by Crippen LogP contribution is -2.25. The van der Waals surface area contributed by atoms with E-state index in [2.05, 4.69) is 15.4 Å². The Morgan fingerprint density at radius 2 is 2.35 bits per heavy atom. The third-order valence-electron chi connectivity index (χ3n) is 2.73. The van der Waals surface area contributed by atoms with Crippen LogP contribution in [0, 0.1) is 0 Å². The van der Waals surface area contributed by atoms with Crippen LogP contribution in [0.25, 0.3) is 0 Å². The van der Waals surface area contributed by atoms with Gasteiger partial charge >= 0.3 is 0 Å². The predicted octanol–water partition coefficient (Wildman–Crippen LogP) is 1.50.